The summed E-state index contributed by atoms with van der Waals surface area (Å²) in [5.74, 6) is -0.439. The number of aromatic nitrogens is 2. The predicted octanol–water partition coefficient (Wildman–Crippen LogP) is 3.28. The Bertz CT molecular complexity index is 599. The Hall–Kier alpha value is -2.31. The lowest BCUT2D eigenvalue weighted by molar-refractivity contribution is -0.123. The maximum absolute atomic E-state index is 12.0. The molecule has 0 radical (unpaired) electrons. The molecule has 1 aromatic heterocycles. The lowest BCUT2D eigenvalue weighted by Gasteiger charge is -2.19. The molecule has 1 heterocycles. The van der Waals surface area contributed by atoms with E-state index >= 15 is 0 Å². The van der Waals surface area contributed by atoms with Crippen LogP contribution in [0.4, 0.5) is 11.8 Å². The minimum atomic E-state index is -0.639. The van der Waals surface area contributed by atoms with Crippen molar-refractivity contribution in [3.05, 3.63) is 11.8 Å². The van der Waals surface area contributed by atoms with E-state index in [9.17, 15) is 14.4 Å². The van der Waals surface area contributed by atoms with Crippen LogP contribution in [-0.2, 0) is 9.59 Å². The van der Waals surface area contributed by atoms with Gasteiger partial charge in [0.15, 0.2) is 6.29 Å². The van der Waals surface area contributed by atoms with E-state index < -0.39 is 10.8 Å². The number of rotatable bonds is 3. The number of nitrogens with zero attached hydrogens (tertiary/aromatic N) is 2. The highest BCUT2D eigenvalue weighted by atomic mass is 16.2. The van der Waals surface area contributed by atoms with Crippen molar-refractivity contribution in [3.63, 3.8) is 0 Å². The molecule has 1 aromatic rings. The molecule has 0 unspecified atom stereocenters. The summed E-state index contributed by atoms with van der Waals surface area (Å²) in [6, 6.07) is 0. The fraction of sp³-hybridized carbons (Fsp3) is 0.588. The number of anilines is 2. The Balaban J connectivity index is 0.00000254. The van der Waals surface area contributed by atoms with Gasteiger partial charge in [0.2, 0.25) is 17.8 Å². The molecule has 0 aliphatic heterocycles. The highest BCUT2D eigenvalue weighted by Crippen LogP contribution is 2.20. The van der Waals surface area contributed by atoms with Crippen LogP contribution in [0.3, 0.4) is 0 Å². The first-order valence-electron chi connectivity index (χ1n) is 7.90. The maximum Gasteiger partial charge on any atom is 0.232 e. The predicted molar refractivity (Wildman–Crippen MR) is 94.9 cm³/mol. The Morgan fingerprint density at radius 1 is 0.958 bits per heavy atom. The average Bonchev–Trinajstić information content (AvgIpc) is 2.47. The lowest BCUT2D eigenvalue weighted by atomic mass is 9.96. The summed E-state index contributed by atoms with van der Waals surface area (Å²) in [5.41, 5.74) is -1.10. The second-order valence-electron chi connectivity index (χ2n) is 7.02. The summed E-state index contributed by atoms with van der Waals surface area (Å²) >= 11 is 0. The van der Waals surface area contributed by atoms with Crippen LogP contribution >= 0.6 is 0 Å². The Morgan fingerprint density at radius 2 is 1.42 bits per heavy atom. The molecule has 24 heavy (non-hydrogen) atoms. The Morgan fingerprint density at radius 3 is 1.83 bits per heavy atom. The second kappa shape index (κ2) is 8.52. The molecule has 7 heteroatoms. The van der Waals surface area contributed by atoms with Gasteiger partial charge in [0.1, 0.15) is 5.82 Å². The van der Waals surface area contributed by atoms with E-state index in [-0.39, 0.29) is 29.1 Å². The molecule has 0 spiro atoms. The summed E-state index contributed by atoms with van der Waals surface area (Å²) in [4.78, 5) is 42.9. The number of hydrogen-bond acceptors (Lipinski definition) is 5. The van der Waals surface area contributed by atoms with E-state index in [2.05, 4.69) is 20.6 Å². The van der Waals surface area contributed by atoms with Gasteiger partial charge in [0.05, 0.1) is 5.56 Å². The zero-order valence-corrected chi connectivity index (χ0v) is 15.8. The molecule has 2 N–H and O–H groups in total. The van der Waals surface area contributed by atoms with Gasteiger partial charge in [-0.15, -0.1) is 0 Å². The molecule has 0 atom stereocenters. The first-order chi connectivity index (χ1) is 10.9. The number of carbonyl (C=O) groups is 3. The zero-order valence-electron chi connectivity index (χ0n) is 15.8. The van der Waals surface area contributed by atoms with Gasteiger partial charge >= 0.3 is 0 Å². The fourth-order valence-electron chi connectivity index (χ4n) is 1.22. The first-order valence-corrected chi connectivity index (χ1v) is 7.90. The van der Waals surface area contributed by atoms with Crippen molar-refractivity contribution < 1.29 is 14.4 Å². The van der Waals surface area contributed by atoms with Crippen molar-refractivity contribution in [1.29, 1.82) is 0 Å². The standard InChI is InChI=1S/C15H22N4O3.C2H6/c1-14(2,3)11(21)17-10-9(8-20)7-16-13(18-10)19-12(22)15(4,5)6;1-2/h7-8H,1-6H3,(H2,16,17,18,19,21,22);1-2H3. The third kappa shape index (κ3) is 6.44. The van der Waals surface area contributed by atoms with E-state index in [1.807, 2.05) is 13.8 Å². The molecule has 0 aliphatic carbocycles. The minimum absolute atomic E-state index is 0.0368. The van der Waals surface area contributed by atoms with E-state index in [0.29, 0.717) is 6.29 Å². The molecule has 7 nitrogen and oxygen atoms in total. The van der Waals surface area contributed by atoms with Crippen LogP contribution in [-0.4, -0.2) is 28.1 Å². The van der Waals surface area contributed by atoms with Crippen molar-refractivity contribution in [3.8, 4) is 0 Å². The summed E-state index contributed by atoms with van der Waals surface area (Å²) < 4.78 is 0. The Kier molecular flexibility index (Phi) is 7.70. The lowest BCUT2D eigenvalue weighted by Crippen LogP contribution is -2.30. The topological polar surface area (TPSA) is 101 Å². The number of nitrogens with one attached hydrogen (secondary N) is 2. The second-order valence-corrected chi connectivity index (χ2v) is 7.02. The largest absolute Gasteiger partial charge is 0.309 e. The number of carbonyl (C=O) groups excluding carboxylic acids is 3. The van der Waals surface area contributed by atoms with Crippen molar-refractivity contribution in [2.24, 2.45) is 10.8 Å². The van der Waals surface area contributed by atoms with Gasteiger partial charge in [-0.25, -0.2) is 4.98 Å². The third-order valence-corrected chi connectivity index (χ3v) is 2.76. The summed E-state index contributed by atoms with van der Waals surface area (Å²) in [6.45, 7) is 14.5. The van der Waals surface area contributed by atoms with Crippen LogP contribution in [0.5, 0.6) is 0 Å². The van der Waals surface area contributed by atoms with Gasteiger partial charge in [-0.1, -0.05) is 55.4 Å². The minimum Gasteiger partial charge on any atom is -0.309 e. The molecule has 0 aliphatic rings. The van der Waals surface area contributed by atoms with E-state index in [4.69, 9.17) is 0 Å². The maximum atomic E-state index is 12.0. The van der Waals surface area contributed by atoms with E-state index in [1.165, 1.54) is 6.20 Å². The molecule has 2 amide bonds. The summed E-state index contributed by atoms with van der Waals surface area (Å²) in [7, 11) is 0. The molecule has 1 rings (SSSR count). The summed E-state index contributed by atoms with van der Waals surface area (Å²) in [6.07, 6.45) is 1.81. The van der Waals surface area contributed by atoms with E-state index in [1.54, 1.807) is 41.5 Å². The molecule has 0 saturated carbocycles. The van der Waals surface area contributed by atoms with Crippen molar-refractivity contribution >= 4 is 29.9 Å². The highest BCUT2D eigenvalue weighted by molar-refractivity contribution is 5.98. The van der Waals surface area contributed by atoms with Crippen molar-refractivity contribution in [1.82, 2.24) is 9.97 Å². The number of amides is 2. The zero-order chi connectivity index (χ0) is 19.1. The van der Waals surface area contributed by atoms with Crippen LogP contribution < -0.4 is 10.6 Å². The van der Waals surface area contributed by atoms with E-state index in [0.717, 1.165) is 0 Å². The smallest absolute Gasteiger partial charge is 0.232 e. The SMILES string of the molecule is CC.CC(C)(C)C(=O)Nc1ncc(C=O)c(NC(=O)C(C)(C)C)n1. The molecule has 0 aromatic carbocycles. The third-order valence-electron chi connectivity index (χ3n) is 2.76. The van der Waals surface area contributed by atoms with Crippen LogP contribution in [0.2, 0.25) is 0 Å². The van der Waals surface area contributed by atoms with Crippen LogP contribution in [0.25, 0.3) is 0 Å². The number of aldehydes is 1. The van der Waals surface area contributed by atoms with Gasteiger partial charge in [-0.2, -0.15) is 4.98 Å². The molecule has 0 fully saturated rings. The monoisotopic (exact) mass is 336 g/mol. The quantitative estimate of drug-likeness (QED) is 0.825. The van der Waals surface area contributed by atoms with Crippen LogP contribution in [0.1, 0.15) is 65.7 Å². The van der Waals surface area contributed by atoms with Gasteiger partial charge < -0.3 is 5.32 Å². The van der Waals surface area contributed by atoms with Gasteiger partial charge in [-0.05, 0) is 0 Å². The molecular weight excluding hydrogens is 308 g/mol. The average molecular weight is 336 g/mol. The van der Waals surface area contributed by atoms with Gasteiger partial charge in [0.25, 0.3) is 0 Å². The molecular formula is C17H28N4O3. The number of hydrogen-bond donors (Lipinski definition) is 2. The van der Waals surface area contributed by atoms with Gasteiger partial charge in [0, 0.05) is 17.0 Å². The molecule has 0 bridgehead atoms. The van der Waals surface area contributed by atoms with Gasteiger partial charge in [-0.3, -0.25) is 19.7 Å². The fourth-order valence-corrected chi connectivity index (χ4v) is 1.22. The summed E-state index contributed by atoms with van der Waals surface area (Å²) in [5, 5.41) is 5.14. The van der Waals surface area contributed by atoms with Crippen molar-refractivity contribution in [2.45, 2.75) is 55.4 Å². The van der Waals surface area contributed by atoms with Crippen molar-refractivity contribution in [2.75, 3.05) is 10.6 Å². The first kappa shape index (κ1) is 21.7. The Labute approximate surface area is 143 Å². The molecule has 134 valence electrons. The molecule has 0 saturated heterocycles. The van der Waals surface area contributed by atoms with Crippen LogP contribution in [0, 0.1) is 10.8 Å². The normalized spacial score (nSPS) is 11.0. The van der Waals surface area contributed by atoms with Crippen LogP contribution in [0.15, 0.2) is 6.20 Å². The highest BCUT2D eigenvalue weighted by Gasteiger charge is 2.24.